The Morgan fingerprint density at radius 2 is 1.48 bits per heavy atom. The summed E-state index contributed by atoms with van der Waals surface area (Å²) in [6, 6.07) is 24.0. The molecule has 2 aromatic heterocycles. The molecule has 2 heterocycles. The van der Waals surface area contributed by atoms with Gasteiger partial charge in [-0.2, -0.15) is 9.97 Å². The Hall–Kier alpha value is -5.32. The predicted octanol–water partition coefficient (Wildman–Crippen LogP) is 6.96. The van der Waals surface area contributed by atoms with Crippen LogP contribution in [0.1, 0.15) is 62.5 Å². The topological polar surface area (TPSA) is 129 Å². The fourth-order valence-electron chi connectivity index (χ4n) is 6.21. The number of ether oxygens (including phenoxy) is 3. The third kappa shape index (κ3) is 7.62. The molecule has 6 rings (SSSR count). The number of rotatable bonds is 9. The summed E-state index contributed by atoms with van der Waals surface area (Å²) < 4.78 is 18.1. The maximum atomic E-state index is 14.0. The molecular weight excluding hydrogens is 608 g/mol. The maximum Gasteiger partial charge on any atom is 0.407 e. The van der Waals surface area contributed by atoms with Crippen LogP contribution in [0.3, 0.4) is 0 Å². The van der Waals surface area contributed by atoms with Crippen molar-refractivity contribution >= 4 is 45.3 Å². The van der Waals surface area contributed by atoms with Crippen LogP contribution in [0.5, 0.6) is 11.8 Å². The van der Waals surface area contributed by atoms with Gasteiger partial charge in [-0.1, -0.05) is 48.5 Å². The van der Waals surface area contributed by atoms with Crippen LogP contribution in [0.25, 0.3) is 21.7 Å². The standard InChI is InChI=1S/C37H42N6O5/c1-37(2,3)48-36(45)40-27-17-15-26(16-18-27)38-34(44)31-19-24-13-14-28(39-35-41-32(46-4)21-33(42-35)47-5)20-30(24)43(31)22-25-11-8-10-23-9-6-7-12-29(23)25/h6-14,19-21,26-27H,15-18,22H2,1-5H3,(H,38,44)(H,40,45)(H,39,41,42). The number of aromatic nitrogens is 3. The second-order valence-electron chi connectivity index (χ2n) is 13.1. The largest absolute Gasteiger partial charge is 0.481 e. The van der Waals surface area contributed by atoms with Crippen molar-refractivity contribution in [2.75, 3.05) is 19.5 Å². The summed E-state index contributed by atoms with van der Waals surface area (Å²) in [5.41, 5.74) is 2.76. The molecule has 48 heavy (non-hydrogen) atoms. The molecule has 0 atom stereocenters. The molecule has 3 aromatic carbocycles. The normalized spacial score (nSPS) is 16.4. The van der Waals surface area contributed by atoms with E-state index in [0.717, 1.165) is 58.6 Å². The number of methoxy groups -OCH3 is 2. The molecule has 0 spiro atoms. The zero-order valence-corrected chi connectivity index (χ0v) is 28.0. The molecule has 0 saturated heterocycles. The smallest absolute Gasteiger partial charge is 0.407 e. The van der Waals surface area contributed by atoms with Gasteiger partial charge in [-0.3, -0.25) is 4.79 Å². The van der Waals surface area contributed by atoms with E-state index in [9.17, 15) is 9.59 Å². The molecule has 1 aliphatic carbocycles. The van der Waals surface area contributed by atoms with E-state index in [1.807, 2.05) is 63.2 Å². The highest BCUT2D eigenvalue weighted by Crippen LogP contribution is 2.29. The van der Waals surface area contributed by atoms with Crippen LogP contribution in [-0.2, 0) is 11.3 Å². The monoisotopic (exact) mass is 650 g/mol. The number of fused-ring (bicyclic) bond motifs is 2. The molecular formula is C37H42N6O5. The number of nitrogens with one attached hydrogen (secondary N) is 3. The van der Waals surface area contributed by atoms with Crippen molar-refractivity contribution in [2.24, 2.45) is 0 Å². The van der Waals surface area contributed by atoms with E-state index in [-0.39, 0.29) is 18.0 Å². The predicted molar refractivity (Wildman–Crippen MR) is 186 cm³/mol. The van der Waals surface area contributed by atoms with Gasteiger partial charge in [-0.25, -0.2) is 4.79 Å². The molecule has 0 aliphatic heterocycles. The van der Waals surface area contributed by atoms with Gasteiger partial charge in [0.1, 0.15) is 11.3 Å². The molecule has 5 aromatic rings. The summed E-state index contributed by atoms with van der Waals surface area (Å²) in [5, 5.41) is 12.7. The Morgan fingerprint density at radius 3 is 2.17 bits per heavy atom. The highest BCUT2D eigenvalue weighted by atomic mass is 16.6. The summed E-state index contributed by atoms with van der Waals surface area (Å²) >= 11 is 0. The van der Waals surface area contributed by atoms with Crippen molar-refractivity contribution in [3.63, 3.8) is 0 Å². The first-order valence-corrected chi connectivity index (χ1v) is 16.2. The summed E-state index contributed by atoms with van der Waals surface area (Å²) in [5.74, 6) is 0.939. The van der Waals surface area contributed by atoms with Crippen molar-refractivity contribution in [1.29, 1.82) is 0 Å². The third-order valence-electron chi connectivity index (χ3n) is 8.48. The molecule has 250 valence electrons. The van der Waals surface area contributed by atoms with Gasteiger partial charge in [-0.15, -0.1) is 0 Å². The van der Waals surface area contributed by atoms with Crippen LogP contribution in [0.15, 0.2) is 72.8 Å². The zero-order valence-electron chi connectivity index (χ0n) is 28.0. The summed E-state index contributed by atoms with van der Waals surface area (Å²) in [6.07, 6.45) is 2.63. The first kappa shape index (κ1) is 32.6. The Morgan fingerprint density at radius 1 is 0.812 bits per heavy atom. The SMILES string of the molecule is COc1cc(OC)nc(Nc2ccc3cc(C(=O)NC4CCC(NC(=O)OC(C)(C)C)CC4)n(Cc4cccc5ccccc45)c3c2)n1. The lowest BCUT2D eigenvalue weighted by Crippen LogP contribution is -2.45. The van der Waals surface area contributed by atoms with E-state index < -0.39 is 11.7 Å². The van der Waals surface area contributed by atoms with Crippen LogP contribution < -0.4 is 25.4 Å². The quantitative estimate of drug-likeness (QED) is 0.156. The summed E-state index contributed by atoms with van der Waals surface area (Å²) in [6.45, 7) is 6.04. The van der Waals surface area contributed by atoms with E-state index in [0.29, 0.717) is 29.9 Å². The second-order valence-corrected chi connectivity index (χ2v) is 13.1. The molecule has 0 unspecified atom stereocenters. The molecule has 2 amide bonds. The highest BCUT2D eigenvalue weighted by molar-refractivity contribution is 6.00. The second kappa shape index (κ2) is 13.8. The van der Waals surface area contributed by atoms with E-state index in [2.05, 4.69) is 54.8 Å². The van der Waals surface area contributed by atoms with Crippen LogP contribution in [0.4, 0.5) is 16.4 Å². The number of nitrogens with zero attached hydrogens (tertiary/aromatic N) is 3. The zero-order chi connectivity index (χ0) is 33.8. The van der Waals surface area contributed by atoms with E-state index in [1.165, 1.54) is 14.2 Å². The van der Waals surface area contributed by atoms with E-state index in [1.54, 1.807) is 6.07 Å². The fraction of sp³-hybridized carbons (Fsp3) is 0.351. The molecule has 0 radical (unpaired) electrons. The molecule has 11 heteroatoms. The molecule has 0 bridgehead atoms. The Bertz CT molecular complexity index is 1910. The maximum absolute atomic E-state index is 14.0. The van der Waals surface area contributed by atoms with Crippen LogP contribution >= 0.6 is 0 Å². The number of carbonyl (C=O) groups excluding carboxylic acids is 2. The molecule has 1 aliphatic rings. The Labute approximate surface area is 280 Å². The number of anilines is 2. The lowest BCUT2D eigenvalue weighted by atomic mass is 9.91. The number of carbonyl (C=O) groups is 2. The van der Waals surface area contributed by atoms with Gasteiger partial charge in [0.2, 0.25) is 17.7 Å². The van der Waals surface area contributed by atoms with Crippen LogP contribution in [0.2, 0.25) is 0 Å². The number of hydrogen-bond acceptors (Lipinski definition) is 8. The third-order valence-corrected chi connectivity index (χ3v) is 8.48. The minimum absolute atomic E-state index is 0.00405. The first-order valence-electron chi connectivity index (χ1n) is 16.2. The molecule has 1 fully saturated rings. The lowest BCUT2D eigenvalue weighted by molar-refractivity contribution is 0.0487. The van der Waals surface area contributed by atoms with Crippen molar-refractivity contribution in [3.8, 4) is 11.8 Å². The van der Waals surface area contributed by atoms with Crippen LogP contribution in [0, 0.1) is 0 Å². The minimum Gasteiger partial charge on any atom is -0.481 e. The summed E-state index contributed by atoms with van der Waals surface area (Å²) in [4.78, 5) is 35.1. The van der Waals surface area contributed by atoms with Crippen molar-refractivity contribution < 1.29 is 23.8 Å². The summed E-state index contributed by atoms with van der Waals surface area (Å²) in [7, 11) is 3.08. The van der Waals surface area contributed by atoms with E-state index >= 15 is 0 Å². The van der Waals surface area contributed by atoms with Crippen molar-refractivity contribution in [1.82, 2.24) is 25.2 Å². The average molecular weight is 651 g/mol. The number of alkyl carbamates (subject to hydrolysis) is 1. The van der Waals surface area contributed by atoms with E-state index in [4.69, 9.17) is 14.2 Å². The van der Waals surface area contributed by atoms with Gasteiger partial charge < -0.3 is 34.7 Å². The Balaban J connectivity index is 1.27. The first-order chi connectivity index (χ1) is 23.1. The fourth-order valence-corrected chi connectivity index (χ4v) is 6.21. The highest BCUT2D eigenvalue weighted by Gasteiger charge is 2.27. The number of amides is 2. The molecule has 11 nitrogen and oxygen atoms in total. The van der Waals surface area contributed by atoms with Crippen molar-refractivity contribution in [3.05, 3.63) is 84.1 Å². The van der Waals surface area contributed by atoms with Gasteiger partial charge in [0.05, 0.1) is 25.8 Å². The number of hydrogen-bond donors (Lipinski definition) is 3. The molecule has 1 saturated carbocycles. The minimum atomic E-state index is -0.549. The Kier molecular flexibility index (Phi) is 9.38. The van der Waals surface area contributed by atoms with Gasteiger partial charge in [-0.05, 0) is 81.0 Å². The van der Waals surface area contributed by atoms with Gasteiger partial charge in [0.25, 0.3) is 5.91 Å². The van der Waals surface area contributed by atoms with Crippen LogP contribution in [-0.4, -0.2) is 58.4 Å². The number of benzene rings is 3. The van der Waals surface area contributed by atoms with Gasteiger partial charge in [0.15, 0.2) is 0 Å². The molecule has 3 N–H and O–H groups in total. The average Bonchev–Trinajstić information content (AvgIpc) is 3.42. The van der Waals surface area contributed by atoms with Gasteiger partial charge in [0, 0.05) is 29.7 Å². The van der Waals surface area contributed by atoms with Gasteiger partial charge >= 0.3 is 6.09 Å². The lowest BCUT2D eigenvalue weighted by Gasteiger charge is -2.30. The van der Waals surface area contributed by atoms with Crippen molar-refractivity contribution in [2.45, 2.75) is 70.7 Å².